The van der Waals surface area contributed by atoms with Crippen LogP contribution < -0.4 is 24.4 Å². The summed E-state index contributed by atoms with van der Waals surface area (Å²) in [4.78, 5) is 1.95. The van der Waals surface area contributed by atoms with E-state index < -0.39 is 13.2 Å². The molecule has 7 nitrogen and oxygen atoms in total. The van der Waals surface area contributed by atoms with Crippen LogP contribution in [-0.4, -0.2) is 47.1 Å². The van der Waals surface area contributed by atoms with Crippen molar-refractivity contribution in [3.05, 3.63) is 42.0 Å². The van der Waals surface area contributed by atoms with Gasteiger partial charge in [-0.3, -0.25) is 4.57 Å². The molecule has 2 aromatic carbocycles. The van der Waals surface area contributed by atoms with Gasteiger partial charge in [-0.05, 0) is 48.4 Å². The molecule has 0 aliphatic heterocycles. The molecule has 0 radical (unpaired) electrons. The zero-order valence-electron chi connectivity index (χ0n) is 18.5. The molecule has 0 saturated heterocycles. The molecule has 8 heteroatoms. The van der Waals surface area contributed by atoms with Gasteiger partial charge < -0.3 is 28.7 Å². The van der Waals surface area contributed by atoms with Crippen LogP contribution in [0.3, 0.4) is 0 Å². The molecule has 30 heavy (non-hydrogen) atoms. The second-order valence-corrected chi connectivity index (χ2v) is 9.48. The fraction of sp³-hybridized carbons (Fsp3) is 0.455. The van der Waals surface area contributed by atoms with E-state index in [4.69, 9.17) is 18.7 Å². The zero-order chi connectivity index (χ0) is 22.3. The summed E-state index contributed by atoms with van der Waals surface area (Å²) < 4.78 is 36.0. The summed E-state index contributed by atoms with van der Waals surface area (Å²) in [5.74, 6) is -0.260. The molecule has 0 aromatic heterocycles. The van der Waals surface area contributed by atoms with Crippen LogP contribution in [0.5, 0.6) is 17.2 Å². The Balaban J connectivity index is 2.54. The third kappa shape index (κ3) is 5.09. The molecule has 0 aliphatic carbocycles. The lowest BCUT2D eigenvalue weighted by Gasteiger charge is -2.26. The van der Waals surface area contributed by atoms with E-state index in [9.17, 15) is 9.67 Å². The van der Waals surface area contributed by atoms with E-state index in [1.807, 2.05) is 38.1 Å². The molecule has 2 atom stereocenters. The van der Waals surface area contributed by atoms with E-state index in [-0.39, 0.29) is 6.61 Å². The van der Waals surface area contributed by atoms with Gasteiger partial charge in [-0.2, -0.15) is 0 Å². The normalized spacial score (nSPS) is 14.0. The van der Waals surface area contributed by atoms with Crippen molar-refractivity contribution in [1.29, 1.82) is 0 Å². The van der Waals surface area contributed by atoms with Gasteiger partial charge >= 0.3 is 0 Å². The largest absolute Gasteiger partial charge is 0.493 e. The predicted molar refractivity (Wildman–Crippen MR) is 120 cm³/mol. The number of aliphatic hydroxyl groups excluding tert-OH is 1. The maximum absolute atomic E-state index is 14.0. The number of nitrogens with zero attached hydrogens (tertiary/aromatic N) is 1. The summed E-state index contributed by atoms with van der Waals surface area (Å²) >= 11 is 0. The van der Waals surface area contributed by atoms with Gasteiger partial charge in [0.1, 0.15) is 0 Å². The average Bonchev–Trinajstić information content (AvgIpc) is 2.77. The van der Waals surface area contributed by atoms with Crippen molar-refractivity contribution in [3.63, 3.8) is 0 Å². The van der Waals surface area contributed by atoms with Gasteiger partial charge in [0.15, 0.2) is 17.3 Å². The second-order valence-electron chi connectivity index (χ2n) is 7.03. The molecular weight excluding hydrogens is 405 g/mol. The van der Waals surface area contributed by atoms with E-state index in [0.29, 0.717) is 28.1 Å². The topological polar surface area (TPSA) is 77.5 Å². The van der Waals surface area contributed by atoms with E-state index >= 15 is 0 Å². The zero-order valence-corrected chi connectivity index (χ0v) is 19.4. The van der Waals surface area contributed by atoms with Crippen LogP contribution in [-0.2, 0) is 9.09 Å². The molecule has 0 amide bonds. The minimum absolute atomic E-state index is 0.282. The first-order chi connectivity index (χ1) is 14.3. The molecule has 0 aliphatic rings. The van der Waals surface area contributed by atoms with Crippen molar-refractivity contribution in [3.8, 4) is 17.2 Å². The summed E-state index contributed by atoms with van der Waals surface area (Å²) in [6, 6.07) is 10.4. The van der Waals surface area contributed by atoms with Crippen LogP contribution in [0, 0.1) is 0 Å². The first kappa shape index (κ1) is 24.1. The van der Waals surface area contributed by atoms with Crippen molar-refractivity contribution in [2.24, 2.45) is 0 Å². The predicted octanol–water partition coefficient (Wildman–Crippen LogP) is 4.19. The minimum Gasteiger partial charge on any atom is -0.493 e. The molecule has 2 rings (SSSR count). The highest BCUT2D eigenvalue weighted by atomic mass is 31.2. The SMILES string of the molecule is CCCCO[P@](=O)(c1ccc(N(C)C)cc1)[C@H](O)c1cc(OC)c(OC)c(OC)c1. The monoisotopic (exact) mass is 437 g/mol. The van der Waals surface area contributed by atoms with Crippen molar-refractivity contribution in [1.82, 2.24) is 0 Å². The Labute approximate surface area is 179 Å². The molecule has 0 fully saturated rings. The molecule has 166 valence electrons. The molecule has 2 aromatic rings. The second kappa shape index (κ2) is 10.7. The van der Waals surface area contributed by atoms with Gasteiger partial charge in [0.2, 0.25) is 5.75 Å². The lowest BCUT2D eigenvalue weighted by molar-refractivity contribution is 0.211. The fourth-order valence-electron chi connectivity index (χ4n) is 3.04. The van der Waals surface area contributed by atoms with Crippen molar-refractivity contribution >= 4 is 18.4 Å². The number of ether oxygens (including phenoxy) is 3. The molecule has 0 heterocycles. The lowest BCUT2D eigenvalue weighted by atomic mass is 10.2. The Kier molecular flexibility index (Phi) is 8.59. The van der Waals surface area contributed by atoms with Crippen LogP contribution in [0.4, 0.5) is 5.69 Å². The molecular formula is C22H32NO6P. The highest BCUT2D eigenvalue weighted by molar-refractivity contribution is 7.67. The Morgan fingerprint density at radius 3 is 2.00 bits per heavy atom. The Morgan fingerprint density at radius 2 is 1.57 bits per heavy atom. The quantitative estimate of drug-likeness (QED) is 0.417. The minimum atomic E-state index is -3.66. The average molecular weight is 437 g/mol. The Bertz CT molecular complexity index is 843. The summed E-state index contributed by atoms with van der Waals surface area (Å²) in [7, 11) is 4.67. The first-order valence-corrected chi connectivity index (χ1v) is 11.5. The molecule has 1 N–H and O–H groups in total. The van der Waals surface area contributed by atoms with E-state index in [0.717, 1.165) is 18.5 Å². The van der Waals surface area contributed by atoms with Crippen molar-refractivity contribution in [2.75, 3.05) is 46.9 Å². The third-order valence-corrected chi connectivity index (χ3v) is 7.34. The Hall–Kier alpha value is -2.21. The molecule has 0 saturated carbocycles. The Morgan fingerprint density at radius 1 is 1.00 bits per heavy atom. The fourth-order valence-corrected chi connectivity index (χ4v) is 5.12. The summed E-state index contributed by atoms with van der Waals surface area (Å²) in [6.45, 7) is 2.31. The maximum Gasteiger partial charge on any atom is 0.264 e. The summed E-state index contributed by atoms with van der Waals surface area (Å²) in [5, 5.41) is 11.7. The number of rotatable bonds is 11. The summed E-state index contributed by atoms with van der Waals surface area (Å²) in [5.41, 5.74) is 1.32. The number of anilines is 1. The number of unbranched alkanes of at least 4 members (excludes halogenated alkanes) is 1. The maximum atomic E-state index is 14.0. The number of hydrogen-bond acceptors (Lipinski definition) is 7. The van der Waals surface area contributed by atoms with Gasteiger partial charge in [-0.15, -0.1) is 0 Å². The van der Waals surface area contributed by atoms with Crippen molar-refractivity contribution < 1.29 is 28.4 Å². The van der Waals surface area contributed by atoms with Crippen LogP contribution in [0.1, 0.15) is 31.2 Å². The van der Waals surface area contributed by atoms with Crippen LogP contribution in [0.15, 0.2) is 36.4 Å². The standard InChI is InChI=1S/C22H32NO6P/c1-7-8-13-29-30(25,18-11-9-17(10-12-18)23(2)3)22(24)16-14-19(26-4)21(28-6)20(15-16)27-5/h9-12,14-15,22,24H,7-8,13H2,1-6H3/t22-,30+/m0/s1. The highest BCUT2D eigenvalue weighted by Crippen LogP contribution is 2.59. The van der Waals surface area contributed by atoms with Gasteiger partial charge in [0.05, 0.1) is 27.9 Å². The van der Waals surface area contributed by atoms with Gasteiger partial charge in [-0.25, -0.2) is 0 Å². The smallest absolute Gasteiger partial charge is 0.264 e. The van der Waals surface area contributed by atoms with Gasteiger partial charge in [0.25, 0.3) is 7.37 Å². The van der Waals surface area contributed by atoms with Crippen LogP contribution in [0.25, 0.3) is 0 Å². The third-order valence-electron chi connectivity index (χ3n) is 4.81. The van der Waals surface area contributed by atoms with E-state index in [2.05, 4.69) is 0 Å². The molecule has 0 bridgehead atoms. The van der Waals surface area contributed by atoms with Gasteiger partial charge in [0, 0.05) is 25.1 Å². The number of aliphatic hydroxyl groups is 1. The summed E-state index contributed by atoms with van der Waals surface area (Å²) in [6.07, 6.45) is 1.63. The number of hydrogen-bond donors (Lipinski definition) is 1. The number of benzene rings is 2. The lowest BCUT2D eigenvalue weighted by Crippen LogP contribution is -2.16. The molecule has 0 unspecified atom stereocenters. The van der Waals surface area contributed by atoms with E-state index in [1.54, 1.807) is 24.3 Å². The highest BCUT2D eigenvalue weighted by Gasteiger charge is 2.37. The van der Waals surface area contributed by atoms with Crippen LogP contribution in [0.2, 0.25) is 0 Å². The van der Waals surface area contributed by atoms with Crippen molar-refractivity contribution in [2.45, 2.75) is 25.6 Å². The van der Waals surface area contributed by atoms with Gasteiger partial charge in [-0.1, -0.05) is 13.3 Å². The van der Waals surface area contributed by atoms with E-state index in [1.165, 1.54) is 21.3 Å². The number of methoxy groups -OCH3 is 3. The first-order valence-electron chi connectivity index (χ1n) is 9.82. The molecule has 0 spiro atoms. The van der Waals surface area contributed by atoms with Crippen LogP contribution >= 0.6 is 7.37 Å².